The zero-order valence-corrected chi connectivity index (χ0v) is 60.5. The van der Waals surface area contributed by atoms with Crippen molar-refractivity contribution in [1.82, 2.24) is 56.4 Å². The summed E-state index contributed by atoms with van der Waals surface area (Å²) >= 11 is 0. The molecule has 2 saturated heterocycles. The van der Waals surface area contributed by atoms with Crippen molar-refractivity contribution in [2.45, 2.75) is 191 Å². The van der Waals surface area contributed by atoms with Gasteiger partial charge < -0.3 is 23.9 Å². The number of aryl methyl sites for hydroxylation is 3. The molecule has 528 valence electrons. The molecule has 17 nitrogen and oxygen atoms in total. The van der Waals surface area contributed by atoms with Crippen LogP contribution in [-0.4, -0.2) is 101 Å². The van der Waals surface area contributed by atoms with Crippen LogP contribution in [0.1, 0.15) is 163 Å². The molecular weight excluding hydrogens is 1270 g/mol. The summed E-state index contributed by atoms with van der Waals surface area (Å²) in [6.45, 7) is 17.9. The van der Waals surface area contributed by atoms with Gasteiger partial charge in [0.25, 0.3) is 0 Å². The van der Waals surface area contributed by atoms with Gasteiger partial charge in [0.15, 0.2) is 11.6 Å². The van der Waals surface area contributed by atoms with Crippen molar-refractivity contribution in [2.24, 2.45) is 0 Å². The number of rotatable bonds is 33. The molecular formula is C83H99B2N11O6. The number of Topliss-reactive ketones (excluding diaryl/α,β-unsaturated/α-hetero) is 1. The summed E-state index contributed by atoms with van der Waals surface area (Å²) in [6.07, 6.45) is 8.68. The van der Waals surface area contributed by atoms with E-state index >= 15 is 0 Å². The van der Waals surface area contributed by atoms with Crippen molar-refractivity contribution in [3.63, 3.8) is 0 Å². The summed E-state index contributed by atoms with van der Waals surface area (Å²) in [5.74, 6) is 1.32. The van der Waals surface area contributed by atoms with Crippen LogP contribution in [0, 0.1) is 0 Å². The van der Waals surface area contributed by atoms with Crippen LogP contribution in [0.2, 0.25) is 12.6 Å². The van der Waals surface area contributed by atoms with Gasteiger partial charge in [-0.2, -0.15) is 0 Å². The standard InChI is InChI=1S/C42H50BN5O3.C41H49BN6O3/c1-40(2)41(3,4)51-43(50-40)31-18-17-27-37(38(49)28-29-39-45-46-47-48(39)32-30-33-19-9-5-10-20-33)44-42(34-21-11-6-12-22-34,35-23-13-7-14-24-35)36-25-15-8-16-26-36;1-39(2)40(3,4)51-42(50-39)29-18-17-27-36(38-45-46-47-48(38)31-37(49)43-30-28-32-19-9-5-10-20-32)44-41(33-21-11-6-12-22-33,34-23-13-7-14-24-34)35-25-15-8-16-26-35/h5-16,19-26,37,44H,17-18,27-32H2,1-4H3;5-16,19-26,36,44H,17-18,27-31H2,1-4H3,(H,43,49). The lowest BCUT2D eigenvalue weighted by Gasteiger charge is -2.40. The minimum Gasteiger partial charge on any atom is -0.403 e. The number of nitrogens with zero attached hydrogens (tertiary/aromatic N) is 8. The average molecular weight is 1370 g/mol. The SMILES string of the molecule is CC1(C)OB(CCCCC(NC(c2ccccc2)(c2ccccc2)c2ccccc2)C(=O)CCc2nnnn2CCc2ccccc2)OC1(C)C.CC1(C)OB(CCCCC(NC(c2ccccc2)(c2ccccc2)c2ccccc2)c2nnnn2CC(=O)NCCc2ccccc2)OC1(C)C. The summed E-state index contributed by atoms with van der Waals surface area (Å²) in [5.41, 5.74) is 5.87. The Morgan fingerprint density at radius 1 is 0.431 bits per heavy atom. The molecule has 3 N–H and O–H groups in total. The third-order valence-corrected chi connectivity index (χ3v) is 20.8. The molecule has 2 aromatic heterocycles. The van der Waals surface area contributed by atoms with Crippen molar-refractivity contribution >= 4 is 25.9 Å². The summed E-state index contributed by atoms with van der Waals surface area (Å²) in [5, 5.41) is 36.7. The number of amides is 1. The van der Waals surface area contributed by atoms with Crippen LogP contribution in [-0.2, 0) is 71.6 Å². The summed E-state index contributed by atoms with van der Waals surface area (Å²) in [6, 6.07) is 82.5. The number of nitrogens with one attached hydrogen (secondary N) is 3. The van der Waals surface area contributed by atoms with Gasteiger partial charge in [-0.1, -0.05) is 268 Å². The van der Waals surface area contributed by atoms with Crippen molar-refractivity contribution < 1.29 is 28.2 Å². The smallest absolute Gasteiger partial charge is 0.403 e. The molecule has 0 radical (unpaired) electrons. The van der Waals surface area contributed by atoms with Crippen LogP contribution >= 0.6 is 0 Å². The van der Waals surface area contributed by atoms with Gasteiger partial charge in [-0.15, -0.1) is 10.2 Å². The third-order valence-electron chi connectivity index (χ3n) is 20.8. The Balaban J connectivity index is 0.000000205. The molecule has 2 fully saturated rings. The first kappa shape index (κ1) is 74.1. The quantitative estimate of drug-likeness (QED) is 0.0200. The molecule has 2 unspecified atom stereocenters. The van der Waals surface area contributed by atoms with E-state index in [0.717, 1.165) is 90.4 Å². The van der Waals surface area contributed by atoms with E-state index in [1.54, 1.807) is 4.68 Å². The van der Waals surface area contributed by atoms with E-state index < -0.39 is 17.1 Å². The Morgan fingerprint density at radius 2 is 0.794 bits per heavy atom. The van der Waals surface area contributed by atoms with Crippen molar-refractivity contribution in [2.75, 3.05) is 6.54 Å². The fourth-order valence-corrected chi connectivity index (χ4v) is 13.8. The number of carbonyl (C=O) groups is 2. The van der Waals surface area contributed by atoms with Crippen LogP contribution < -0.4 is 16.0 Å². The first-order valence-electron chi connectivity index (χ1n) is 36.3. The maximum absolute atomic E-state index is 14.5. The largest absolute Gasteiger partial charge is 0.457 e. The van der Waals surface area contributed by atoms with Gasteiger partial charge in [0.1, 0.15) is 12.3 Å². The number of ketones is 1. The van der Waals surface area contributed by atoms with Crippen molar-refractivity contribution in [3.05, 3.63) is 299 Å². The molecule has 0 spiro atoms. The lowest BCUT2D eigenvalue weighted by Crippen LogP contribution is -2.52. The number of hydrogen-bond donors (Lipinski definition) is 3. The molecule has 8 aromatic carbocycles. The number of benzene rings is 8. The van der Waals surface area contributed by atoms with E-state index in [2.05, 4.69) is 272 Å². The monoisotopic (exact) mass is 1370 g/mol. The number of tetrazole rings is 2. The highest BCUT2D eigenvalue weighted by Gasteiger charge is 2.52. The molecule has 0 saturated carbocycles. The van der Waals surface area contributed by atoms with Gasteiger partial charge >= 0.3 is 14.2 Å². The van der Waals surface area contributed by atoms with Gasteiger partial charge in [0.2, 0.25) is 5.91 Å². The Morgan fingerprint density at radius 3 is 1.22 bits per heavy atom. The molecule has 19 heteroatoms. The van der Waals surface area contributed by atoms with Gasteiger partial charge in [-0.3, -0.25) is 20.2 Å². The second-order valence-corrected chi connectivity index (χ2v) is 28.8. The Labute approximate surface area is 603 Å². The topological polar surface area (TPSA) is 194 Å². The second-order valence-electron chi connectivity index (χ2n) is 28.8. The fourth-order valence-electron chi connectivity index (χ4n) is 13.8. The van der Waals surface area contributed by atoms with Crippen LogP contribution in [0.4, 0.5) is 0 Å². The zero-order valence-electron chi connectivity index (χ0n) is 60.5. The number of carbonyl (C=O) groups excluding carboxylic acids is 2. The van der Waals surface area contributed by atoms with E-state index in [4.69, 9.17) is 18.6 Å². The molecule has 2 aliphatic heterocycles. The lowest BCUT2D eigenvalue weighted by molar-refractivity contribution is -0.122. The predicted octanol–water partition coefficient (Wildman–Crippen LogP) is 14.5. The molecule has 0 bridgehead atoms. The highest BCUT2D eigenvalue weighted by atomic mass is 16.7. The molecule has 1 amide bonds. The van der Waals surface area contributed by atoms with E-state index in [1.807, 2.05) is 77.5 Å². The van der Waals surface area contributed by atoms with Crippen LogP contribution in [0.15, 0.2) is 243 Å². The highest BCUT2D eigenvalue weighted by Crippen LogP contribution is 2.43. The van der Waals surface area contributed by atoms with Crippen LogP contribution in [0.3, 0.4) is 0 Å². The van der Waals surface area contributed by atoms with Crippen LogP contribution in [0.25, 0.3) is 0 Å². The second kappa shape index (κ2) is 34.3. The minimum atomic E-state index is -0.771. The lowest BCUT2D eigenvalue weighted by atomic mass is 9.75. The molecule has 102 heavy (non-hydrogen) atoms. The molecule has 0 aliphatic carbocycles. The minimum absolute atomic E-state index is 0.0121. The fraction of sp³-hybridized carbons (Fsp3) is 0.373. The van der Waals surface area contributed by atoms with Crippen LogP contribution in [0.5, 0.6) is 0 Å². The van der Waals surface area contributed by atoms with E-state index in [1.165, 1.54) is 11.1 Å². The average Bonchev–Trinajstić information content (AvgIpc) is 1.14. The first-order valence-corrected chi connectivity index (χ1v) is 36.3. The first-order chi connectivity index (χ1) is 49.4. The Kier molecular flexibility index (Phi) is 24.9. The summed E-state index contributed by atoms with van der Waals surface area (Å²) < 4.78 is 28.6. The Bertz CT molecular complexity index is 3950. The summed E-state index contributed by atoms with van der Waals surface area (Å²) in [4.78, 5) is 27.8. The Hall–Kier alpha value is -9.07. The number of hydrogen-bond acceptors (Lipinski definition) is 14. The maximum atomic E-state index is 14.5. The maximum Gasteiger partial charge on any atom is 0.457 e. The van der Waals surface area contributed by atoms with Gasteiger partial charge in [0, 0.05) is 25.9 Å². The van der Waals surface area contributed by atoms with Gasteiger partial charge in [-0.25, -0.2) is 9.36 Å². The molecule has 4 heterocycles. The highest BCUT2D eigenvalue weighted by molar-refractivity contribution is 6.45. The molecule has 2 atom stereocenters. The number of unbranched alkanes of at least 4 members (excludes halogenated alkanes) is 2. The summed E-state index contributed by atoms with van der Waals surface area (Å²) in [7, 11) is -0.521. The predicted molar refractivity (Wildman–Crippen MR) is 403 cm³/mol. The van der Waals surface area contributed by atoms with E-state index in [0.29, 0.717) is 44.6 Å². The normalized spacial score (nSPS) is 15.8. The van der Waals surface area contributed by atoms with E-state index in [-0.39, 0.29) is 60.9 Å². The van der Waals surface area contributed by atoms with Gasteiger partial charge in [-0.05, 0) is 159 Å². The van der Waals surface area contributed by atoms with Crippen molar-refractivity contribution in [3.8, 4) is 0 Å². The third kappa shape index (κ3) is 18.2. The zero-order chi connectivity index (χ0) is 71.5. The van der Waals surface area contributed by atoms with E-state index in [9.17, 15) is 9.59 Å². The van der Waals surface area contributed by atoms with Gasteiger partial charge in [0.05, 0.1) is 45.6 Å². The molecule has 12 rings (SSSR count). The molecule has 10 aromatic rings. The molecule has 2 aliphatic rings. The van der Waals surface area contributed by atoms with Crippen molar-refractivity contribution in [1.29, 1.82) is 0 Å². The number of aromatic nitrogens is 8.